The maximum atomic E-state index is 13.5. The molecule has 10 heteroatoms. The van der Waals surface area contributed by atoms with E-state index in [2.05, 4.69) is 31.6 Å². The van der Waals surface area contributed by atoms with Crippen LogP contribution in [0.1, 0.15) is 29.9 Å². The van der Waals surface area contributed by atoms with Gasteiger partial charge in [-0.05, 0) is 0 Å². The van der Waals surface area contributed by atoms with Gasteiger partial charge in [0.1, 0.15) is 0 Å². The van der Waals surface area contributed by atoms with Crippen molar-refractivity contribution in [1.29, 1.82) is 0 Å². The number of anilines is 3. The van der Waals surface area contributed by atoms with Crippen molar-refractivity contribution in [3.05, 3.63) is 35.5 Å². The van der Waals surface area contributed by atoms with E-state index in [-0.39, 0.29) is 22.3 Å². The minimum atomic E-state index is -4.45. The normalized spacial score (nSPS) is 19.8. The summed E-state index contributed by atoms with van der Waals surface area (Å²) in [6.07, 6.45) is -1.34. The van der Waals surface area contributed by atoms with Crippen molar-refractivity contribution in [2.24, 2.45) is 0 Å². The zero-order valence-electron chi connectivity index (χ0n) is 18.6. The van der Waals surface area contributed by atoms with Gasteiger partial charge in [-0.3, -0.25) is 0 Å². The molecule has 2 aliphatic rings. The average Bonchev–Trinajstić information content (AvgIpc) is 3.58. The van der Waals surface area contributed by atoms with Crippen LogP contribution in [0.2, 0.25) is 14.8 Å². The van der Waals surface area contributed by atoms with E-state index in [1.807, 2.05) is 27.0 Å². The third kappa shape index (κ3) is 5.31. The van der Waals surface area contributed by atoms with Crippen molar-refractivity contribution < 1.29 is 18.3 Å². The number of aromatic nitrogens is 2. The molecule has 1 aromatic heterocycles. The molecule has 6 nitrogen and oxygen atoms in total. The number of aliphatic hydroxyl groups is 1. The topological polar surface area (TPSA) is 73.3 Å². The Morgan fingerprint density at radius 1 is 1.25 bits per heavy atom. The number of rotatable bonds is 6. The second-order valence-electron chi connectivity index (χ2n) is 9.65. The average molecular weight is 556 g/mol. The number of alkyl halides is 3. The Morgan fingerprint density at radius 2 is 2.00 bits per heavy atom. The van der Waals surface area contributed by atoms with Gasteiger partial charge in [-0.2, -0.15) is 0 Å². The summed E-state index contributed by atoms with van der Waals surface area (Å²) in [6.45, 7) is 2.50. The van der Waals surface area contributed by atoms with Gasteiger partial charge in [-0.1, -0.05) is 0 Å². The molecule has 1 aliphatic carbocycles. The van der Waals surface area contributed by atoms with Crippen LogP contribution in [0.4, 0.5) is 30.5 Å². The van der Waals surface area contributed by atoms with Crippen molar-refractivity contribution in [2.75, 3.05) is 36.5 Å². The number of piperazine rings is 1. The van der Waals surface area contributed by atoms with Crippen LogP contribution in [0.5, 0.6) is 0 Å². The summed E-state index contributed by atoms with van der Waals surface area (Å²) in [5, 5.41) is 16.0. The summed E-state index contributed by atoms with van der Waals surface area (Å²) in [5.41, 5.74) is 2.38. The molecule has 1 aliphatic heterocycles. The molecule has 0 bridgehead atoms. The standard InChI is InChI=1S/C19H21F3N5O.3CH3.Sn/c20-19(21,22)13-8-24-18(25-9-13)26-17-4-3-15(7-16(17)12-1-2-12)27-6-5-23-14(10-27)11-28;;;;/h3-4,7-8,12,14,23,28H,1-2,5-6,10-11H2,(H,24,25,26);3*1H3;/t14-;;;;/m1..../s1. The fraction of sp³-hybridized carbons (Fsp3) is 0.545. The summed E-state index contributed by atoms with van der Waals surface area (Å²) in [5.74, 6) is 0.654. The second-order valence-corrected chi connectivity index (χ2v) is 23.8. The van der Waals surface area contributed by atoms with Gasteiger partial charge in [0.05, 0.1) is 0 Å². The molecule has 0 spiro atoms. The second kappa shape index (κ2) is 8.98. The summed E-state index contributed by atoms with van der Waals surface area (Å²) >= 11 is -3.15. The van der Waals surface area contributed by atoms with E-state index in [9.17, 15) is 18.3 Å². The maximum absolute atomic E-state index is 13.5. The van der Waals surface area contributed by atoms with Gasteiger partial charge >= 0.3 is 186 Å². The van der Waals surface area contributed by atoms with Crippen LogP contribution in [0.3, 0.4) is 0 Å². The SMILES string of the molecule is [CH3][Sn]([CH3])([CH3])[c]1nc(Nc2ccc(N3CCN[C@@H](CO)C3)cc2C2CC2)ncc1C(F)(F)F. The number of benzene rings is 1. The molecule has 0 amide bonds. The Morgan fingerprint density at radius 3 is 2.62 bits per heavy atom. The quantitative estimate of drug-likeness (QED) is 0.474. The van der Waals surface area contributed by atoms with Gasteiger partial charge in [0.15, 0.2) is 0 Å². The number of nitrogens with one attached hydrogen (secondary N) is 2. The van der Waals surface area contributed by atoms with E-state index in [0.29, 0.717) is 5.92 Å². The van der Waals surface area contributed by atoms with E-state index in [1.165, 1.54) is 0 Å². The van der Waals surface area contributed by atoms with Crippen molar-refractivity contribution in [3.8, 4) is 0 Å². The monoisotopic (exact) mass is 557 g/mol. The Balaban J connectivity index is 1.63. The van der Waals surface area contributed by atoms with Crippen molar-refractivity contribution in [3.63, 3.8) is 0 Å². The number of nitrogens with zero attached hydrogens (tertiary/aromatic N) is 3. The van der Waals surface area contributed by atoms with Crippen LogP contribution in [0.15, 0.2) is 24.4 Å². The summed E-state index contributed by atoms with van der Waals surface area (Å²) < 4.78 is 40.7. The molecule has 174 valence electrons. The van der Waals surface area contributed by atoms with Crippen LogP contribution >= 0.6 is 0 Å². The number of halogens is 3. The predicted octanol–water partition coefficient (Wildman–Crippen LogP) is 3.43. The van der Waals surface area contributed by atoms with E-state index < -0.39 is 30.1 Å². The molecular formula is C22H30F3N5OSn. The molecule has 32 heavy (non-hydrogen) atoms. The summed E-state index contributed by atoms with van der Waals surface area (Å²) in [7, 11) is 0. The number of hydrogen-bond acceptors (Lipinski definition) is 6. The fourth-order valence-corrected chi connectivity index (χ4v) is 8.27. The molecule has 2 fully saturated rings. The Bertz CT molecular complexity index is 975. The van der Waals surface area contributed by atoms with Gasteiger partial charge in [0.25, 0.3) is 0 Å². The molecule has 1 atom stereocenters. The summed E-state index contributed by atoms with van der Waals surface area (Å²) in [6, 6.07) is 6.20. The molecule has 1 saturated carbocycles. The van der Waals surface area contributed by atoms with Crippen LogP contribution in [-0.4, -0.2) is 65.7 Å². The van der Waals surface area contributed by atoms with Crippen LogP contribution in [0.25, 0.3) is 0 Å². The Kier molecular flexibility index (Phi) is 6.61. The zero-order chi connectivity index (χ0) is 23.1. The first-order valence-electron chi connectivity index (χ1n) is 11.0. The van der Waals surface area contributed by atoms with Crippen molar-refractivity contribution in [2.45, 2.75) is 45.8 Å². The molecule has 1 saturated heterocycles. The van der Waals surface area contributed by atoms with Crippen molar-refractivity contribution in [1.82, 2.24) is 15.3 Å². The fourth-order valence-electron chi connectivity index (χ4n) is 4.12. The predicted molar refractivity (Wildman–Crippen MR) is 123 cm³/mol. The molecular weight excluding hydrogens is 526 g/mol. The van der Waals surface area contributed by atoms with Crippen LogP contribution in [0, 0.1) is 0 Å². The number of aliphatic hydroxyl groups excluding tert-OH is 1. The Labute approximate surface area is 190 Å². The summed E-state index contributed by atoms with van der Waals surface area (Å²) in [4.78, 5) is 16.4. The van der Waals surface area contributed by atoms with Gasteiger partial charge in [-0.15, -0.1) is 0 Å². The molecule has 0 radical (unpaired) electrons. The molecule has 1 aromatic carbocycles. The third-order valence-electron chi connectivity index (χ3n) is 5.94. The molecule has 4 rings (SSSR count). The zero-order valence-corrected chi connectivity index (χ0v) is 21.5. The first-order valence-corrected chi connectivity index (χ1v) is 21.0. The van der Waals surface area contributed by atoms with Crippen LogP contribution in [-0.2, 0) is 6.18 Å². The molecule has 3 N–H and O–H groups in total. The first kappa shape index (κ1) is 23.6. The van der Waals surface area contributed by atoms with Gasteiger partial charge < -0.3 is 5.11 Å². The number of hydrogen-bond donors (Lipinski definition) is 3. The van der Waals surface area contributed by atoms with E-state index >= 15 is 0 Å². The molecule has 2 aromatic rings. The van der Waals surface area contributed by atoms with E-state index in [4.69, 9.17) is 0 Å². The Hall–Kier alpha value is -1.59. The van der Waals surface area contributed by atoms with Gasteiger partial charge in [-0.25, -0.2) is 0 Å². The third-order valence-corrected chi connectivity index (χ3v) is 11.1. The minimum absolute atomic E-state index is 0.0496. The van der Waals surface area contributed by atoms with Gasteiger partial charge in [0, 0.05) is 0 Å². The van der Waals surface area contributed by atoms with E-state index in [1.54, 1.807) is 0 Å². The van der Waals surface area contributed by atoms with E-state index in [0.717, 1.165) is 55.6 Å². The molecule has 0 unspecified atom stereocenters. The van der Waals surface area contributed by atoms with Crippen molar-refractivity contribution >= 4 is 39.4 Å². The van der Waals surface area contributed by atoms with Gasteiger partial charge in [0.2, 0.25) is 0 Å². The molecule has 2 heterocycles. The van der Waals surface area contributed by atoms with Crippen LogP contribution < -0.4 is 19.2 Å². The first-order chi connectivity index (χ1) is 15.1.